The van der Waals surface area contributed by atoms with Gasteiger partial charge in [0.25, 0.3) is 0 Å². The van der Waals surface area contributed by atoms with Gasteiger partial charge in [0.2, 0.25) is 0 Å². The van der Waals surface area contributed by atoms with Crippen molar-refractivity contribution >= 4 is 5.69 Å². The number of ether oxygens (including phenoxy) is 1. The van der Waals surface area contributed by atoms with E-state index in [0.29, 0.717) is 6.61 Å². The number of rotatable bonds is 10. The Hall–Kier alpha value is -1.26. The van der Waals surface area contributed by atoms with Crippen LogP contribution in [0.15, 0.2) is 24.3 Å². The van der Waals surface area contributed by atoms with Crippen LogP contribution in [-0.4, -0.2) is 43.4 Å². The molecular weight excluding hydrogens is 240 g/mol. The Morgan fingerprint density at radius 2 is 1.74 bits per heavy atom. The molecule has 0 saturated heterocycles. The molecule has 108 valence electrons. The maximum atomic E-state index is 8.69. The second-order valence-corrected chi connectivity index (χ2v) is 4.86. The average molecular weight is 266 g/mol. The van der Waals surface area contributed by atoms with Crippen molar-refractivity contribution < 1.29 is 9.84 Å². The number of benzene rings is 1. The second-order valence-electron chi connectivity index (χ2n) is 4.86. The molecule has 1 rings (SSSR count). The van der Waals surface area contributed by atoms with Gasteiger partial charge in [0.05, 0.1) is 6.61 Å². The van der Waals surface area contributed by atoms with Gasteiger partial charge in [-0.1, -0.05) is 0 Å². The van der Waals surface area contributed by atoms with Crippen LogP contribution in [0.1, 0.15) is 25.7 Å². The largest absolute Gasteiger partial charge is 0.494 e. The van der Waals surface area contributed by atoms with Gasteiger partial charge in [-0.25, -0.2) is 0 Å². The van der Waals surface area contributed by atoms with Crippen molar-refractivity contribution in [3.8, 4) is 5.75 Å². The van der Waals surface area contributed by atoms with Crippen molar-refractivity contribution in [1.29, 1.82) is 0 Å². The molecule has 4 nitrogen and oxygen atoms in total. The summed E-state index contributed by atoms with van der Waals surface area (Å²) in [4.78, 5) is 2.31. The van der Waals surface area contributed by atoms with Gasteiger partial charge < -0.3 is 20.5 Å². The first-order valence-electron chi connectivity index (χ1n) is 7.00. The van der Waals surface area contributed by atoms with Crippen molar-refractivity contribution in [3.63, 3.8) is 0 Å². The third kappa shape index (κ3) is 7.70. The first-order valence-corrected chi connectivity index (χ1v) is 7.00. The number of aliphatic hydroxyl groups excluding tert-OH is 1. The molecule has 3 N–H and O–H groups in total. The zero-order valence-corrected chi connectivity index (χ0v) is 11.8. The van der Waals surface area contributed by atoms with E-state index in [1.54, 1.807) is 0 Å². The molecule has 0 atom stereocenters. The van der Waals surface area contributed by atoms with Crippen LogP contribution in [0.4, 0.5) is 5.69 Å². The van der Waals surface area contributed by atoms with E-state index >= 15 is 0 Å². The third-order valence-corrected chi connectivity index (χ3v) is 3.03. The van der Waals surface area contributed by atoms with Crippen LogP contribution in [0.3, 0.4) is 0 Å². The lowest BCUT2D eigenvalue weighted by Gasteiger charge is -2.16. The molecule has 0 amide bonds. The maximum Gasteiger partial charge on any atom is 0.119 e. The van der Waals surface area contributed by atoms with Crippen molar-refractivity contribution in [2.45, 2.75) is 25.7 Å². The van der Waals surface area contributed by atoms with Crippen LogP contribution in [0.25, 0.3) is 0 Å². The molecule has 1 aromatic carbocycles. The number of unbranched alkanes of at least 4 members (excludes halogenated alkanes) is 2. The van der Waals surface area contributed by atoms with E-state index < -0.39 is 0 Å². The van der Waals surface area contributed by atoms with Crippen molar-refractivity contribution in [2.75, 3.05) is 39.1 Å². The molecule has 0 aliphatic heterocycles. The van der Waals surface area contributed by atoms with Crippen LogP contribution in [0.2, 0.25) is 0 Å². The van der Waals surface area contributed by atoms with Crippen LogP contribution in [0.5, 0.6) is 5.75 Å². The number of hydrogen-bond acceptors (Lipinski definition) is 4. The molecule has 0 aliphatic carbocycles. The molecule has 1 aromatic rings. The summed E-state index contributed by atoms with van der Waals surface area (Å²) in [6.07, 6.45) is 4.17. The Labute approximate surface area is 116 Å². The highest BCUT2D eigenvalue weighted by molar-refractivity contribution is 5.41. The van der Waals surface area contributed by atoms with Gasteiger partial charge in [0, 0.05) is 18.8 Å². The number of aliphatic hydroxyl groups is 1. The van der Waals surface area contributed by atoms with E-state index in [4.69, 9.17) is 15.6 Å². The summed E-state index contributed by atoms with van der Waals surface area (Å²) in [6.45, 7) is 3.15. The monoisotopic (exact) mass is 266 g/mol. The summed E-state index contributed by atoms with van der Waals surface area (Å²) in [5.41, 5.74) is 6.37. The Bertz CT molecular complexity index is 327. The first-order chi connectivity index (χ1) is 9.22. The highest BCUT2D eigenvalue weighted by Crippen LogP contribution is 2.13. The standard InChI is InChI=1S/C15H26N2O2/c1-17(10-3-2-4-12-18)11-5-13-19-15-8-6-14(16)7-9-15/h6-9,18H,2-5,10-13,16H2,1H3. The summed E-state index contributed by atoms with van der Waals surface area (Å²) in [6, 6.07) is 7.49. The first kappa shape index (κ1) is 15.8. The number of hydrogen-bond donors (Lipinski definition) is 2. The minimum Gasteiger partial charge on any atom is -0.494 e. The molecule has 0 fully saturated rings. The molecule has 0 saturated carbocycles. The molecule has 19 heavy (non-hydrogen) atoms. The predicted molar refractivity (Wildman–Crippen MR) is 79.4 cm³/mol. The Balaban J connectivity index is 2.02. The summed E-state index contributed by atoms with van der Waals surface area (Å²) in [5, 5.41) is 8.69. The van der Waals surface area contributed by atoms with E-state index in [0.717, 1.165) is 56.8 Å². The maximum absolute atomic E-state index is 8.69. The highest BCUT2D eigenvalue weighted by atomic mass is 16.5. The summed E-state index contributed by atoms with van der Waals surface area (Å²) >= 11 is 0. The molecule has 4 heteroatoms. The van der Waals surface area contributed by atoms with Gasteiger partial charge in [0.1, 0.15) is 5.75 Å². The lowest BCUT2D eigenvalue weighted by molar-refractivity contribution is 0.252. The second kappa shape index (κ2) is 9.64. The van der Waals surface area contributed by atoms with E-state index in [1.807, 2.05) is 24.3 Å². The minimum atomic E-state index is 0.305. The lowest BCUT2D eigenvalue weighted by atomic mass is 10.2. The molecule has 0 spiro atoms. The Morgan fingerprint density at radius 1 is 1.05 bits per heavy atom. The Morgan fingerprint density at radius 3 is 2.42 bits per heavy atom. The fraction of sp³-hybridized carbons (Fsp3) is 0.600. The quantitative estimate of drug-likeness (QED) is 0.503. The molecule has 0 unspecified atom stereocenters. The third-order valence-electron chi connectivity index (χ3n) is 3.03. The fourth-order valence-corrected chi connectivity index (χ4v) is 1.87. The van der Waals surface area contributed by atoms with E-state index in [2.05, 4.69) is 11.9 Å². The lowest BCUT2D eigenvalue weighted by Crippen LogP contribution is -2.22. The SMILES string of the molecule is CN(CCCCCO)CCCOc1ccc(N)cc1. The minimum absolute atomic E-state index is 0.305. The van der Waals surface area contributed by atoms with Crippen LogP contribution in [-0.2, 0) is 0 Å². The van der Waals surface area contributed by atoms with Gasteiger partial charge in [-0.2, -0.15) is 0 Å². The van der Waals surface area contributed by atoms with Crippen LogP contribution >= 0.6 is 0 Å². The number of anilines is 1. The predicted octanol–water partition coefficient (Wildman–Crippen LogP) is 2.13. The van der Waals surface area contributed by atoms with Gasteiger partial charge >= 0.3 is 0 Å². The smallest absolute Gasteiger partial charge is 0.119 e. The molecule has 0 aromatic heterocycles. The molecular formula is C15H26N2O2. The Kier molecular flexibility index (Phi) is 8.02. The van der Waals surface area contributed by atoms with Gasteiger partial charge in [0.15, 0.2) is 0 Å². The summed E-state index contributed by atoms with van der Waals surface area (Å²) in [7, 11) is 2.13. The highest BCUT2D eigenvalue weighted by Gasteiger charge is 1.99. The molecule has 0 bridgehead atoms. The van der Waals surface area contributed by atoms with E-state index in [9.17, 15) is 0 Å². The normalized spacial score (nSPS) is 10.9. The van der Waals surface area contributed by atoms with E-state index in [-0.39, 0.29) is 0 Å². The fourth-order valence-electron chi connectivity index (χ4n) is 1.87. The van der Waals surface area contributed by atoms with Crippen molar-refractivity contribution in [3.05, 3.63) is 24.3 Å². The number of nitrogen functional groups attached to an aromatic ring is 1. The average Bonchev–Trinajstić information content (AvgIpc) is 2.42. The van der Waals surface area contributed by atoms with Crippen LogP contribution < -0.4 is 10.5 Å². The number of nitrogens with two attached hydrogens (primary N) is 1. The molecule has 0 heterocycles. The topological polar surface area (TPSA) is 58.7 Å². The van der Waals surface area contributed by atoms with Gasteiger partial charge in [-0.3, -0.25) is 0 Å². The number of nitrogens with zero attached hydrogens (tertiary/aromatic N) is 1. The van der Waals surface area contributed by atoms with Crippen molar-refractivity contribution in [2.24, 2.45) is 0 Å². The van der Waals surface area contributed by atoms with Gasteiger partial charge in [-0.05, 0) is 63.5 Å². The zero-order chi connectivity index (χ0) is 13.9. The van der Waals surface area contributed by atoms with Crippen molar-refractivity contribution in [1.82, 2.24) is 4.90 Å². The van der Waals surface area contributed by atoms with Gasteiger partial charge in [-0.15, -0.1) is 0 Å². The summed E-state index contributed by atoms with van der Waals surface area (Å²) in [5.74, 6) is 0.875. The molecule has 0 radical (unpaired) electrons. The van der Waals surface area contributed by atoms with Crippen LogP contribution in [0, 0.1) is 0 Å². The summed E-state index contributed by atoms with van der Waals surface area (Å²) < 4.78 is 5.64. The van der Waals surface area contributed by atoms with E-state index in [1.165, 1.54) is 0 Å². The molecule has 0 aliphatic rings. The zero-order valence-electron chi connectivity index (χ0n) is 11.8.